The van der Waals surface area contributed by atoms with Gasteiger partial charge in [-0.1, -0.05) is 0 Å². The first kappa shape index (κ1) is 15.1. The van der Waals surface area contributed by atoms with Gasteiger partial charge in [-0.05, 0) is 0 Å². The lowest BCUT2D eigenvalue weighted by Crippen LogP contribution is -2.49. The Morgan fingerprint density at radius 1 is 1.44 bits per heavy atom. The van der Waals surface area contributed by atoms with Crippen LogP contribution in [0.15, 0.2) is 0 Å². The van der Waals surface area contributed by atoms with Gasteiger partial charge in [-0.15, -0.1) is 0 Å². The molecule has 0 aliphatic rings. The maximum Gasteiger partial charge on any atom is 0.406 e. The third kappa shape index (κ3) is 5.84. The Morgan fingerprint density at radius 3 is 2.25 bits per heavy atom. The zero-order chi connectivity index (χ0) is 12.9. The number of amides is 2. The molecule has 1 atom stereocenters. The van der Waals surface area contributed by atoms with Crippen LogP contribution in [-0.2, 0) is 9.59 Å². The zero-order valence-electron chi connectivity index (χ0n) is 8.84. The van der Waals surface area contributed by atoms with Gasteiger partial charge in [0.15, 0.2) is 0 Å². The van der Waals surface area contributed by atoms with Gasteiger partial charge in [0.1, 0.15) is 12.6 Å². The summed E-state index contributed by atoms with van der Waals surface area (Å²) < 4.78 is 36.0. The molecule has 0 aliphatic heterocycles. The Labute approximate surface area is 96.6 Å². The van der Waals surface area contributed by atoms with Gasteiger partial charge in [-0.2, -0.15) is 25.8 Å². The molecule has 0 saturated heterocycles. The van der Waals surface area contributed by atoms with Gasteiger partial charge in [0, 0.05) is 19.7 Å². The first-order valence-corrected chi connectivity index (χ1v) is 5.00. The number of nitrogens with one attached hydrogen (secondary N) is 1. The fourth-order valence-corrected chi connectivity index (χ4v) is 1.29. The van der Waals surface area contributed by atoms with Crippen LogP contribution in [-0.4, -0.2) is 48.3 Å². The van der Waals surface area contributed by atoms with E-state index in [0.717, 1.165) is 7.05 Å². The molecule has 2 amide bonds. The van der Waals surface area contributed by atoms with Crippen molar-refractivity contribution in [1.82, 2.24) is 10.2 Å². The monoisotopic (exact) mass is 258 g/mol. The minimum Gasteiger partial charge on any atom is -0.344 e. The van der Waals surface area contributed by atoms with Crippen LogP contribution in [0.25, 0.3) is 0 Å². The zero-order valence-corrected chi connectivity index (χ0v) is 9.73. The molecule has 0 aromatic heterocycles. The molecule has 0 rings (SSSR count). The molecule has 94 valence electrons. The summed E-state index contributed by atoms with van der Waals surface area (Å²) >= 11 is 3.79. The maximum absolute atomic E-state index is 12.0. The molecule has 0 saturated carbocycles. The molecule has 0 bridgehead atoms. The molecule has 4 nitrogen and oxygen atoms in total. The molecular formula is C8H13F3N2O2S. The number of likely N-dealkylation sites (N-methyl/N-ethyl adjacent to an activating group) is 1. The summed E-state index contributed by atoms with van der Waals surface area (Å²) in [5, 5.41) is 2.22. The van der Waals surface area contributed by atoms with Crippen LogP contribution in [0.5, 0.6) is 0 Å². The quantitative estimate of drug-likeness (QED) is 0.719. The van der Waals surface area contributed by atoms with Gasteiger partial charge in [0.2, 0.25) is 11.8 Å². The summed E-state index contributed by atoms with van der Waals surface area (Å²) in [5.74, 6) is -1.36. The van der Waals surface area contributed by atoms with Crippen molar-refractivity contribution in [3.8, 4) is 0 Å². The van der Waals surface area contributed by atoms with E-state index in [1.165, 1.54) is 6.92 Å². The number of thiol groups is 1. The predicted octanol–water partition coefficient (Wildman–Crippen LogP) is 0.442. The van der Waals surface area contributed by atoms with E-state index in [9.17, 15) is 22.8 Å². The Morgan fingerprint density at radius 2 is 1.94 bits per heavy atom. The van der Waals surface area contributed by atoms with Crippen LogP contribution in [0.1, 0.15) is 6.92 Å². The molecule has 1 N–H and O–H groups in total. The van der Waals surface area contributed by atoms with Crippen LogP contribution < -0.4 is 5.32 Å². The average Bonchev–Trinajstić information content (AvgIpc) is 2.09. The second kappa shape index (κ2) is 5.97. The van der Waals surface area contributed by atoms with Crippen molar-refractivity contribution >= 4 is 24.4 Å². The Kier molecular flexibility index (Phi) is 5.63. The summed E-state index contributed by atoms with van der Waals surface area (Å²) in [7, 11) is 1.02. The topological polar surface area (TPSA) is 49.4 Å². The molecule has 1 unspecified atom stereocenters. The molecule has 0 aromatic carbocycles. The van der Waals surface area contributed by atoms with E-state index in [1.807, 2.05) is 0 Å². The molecule has 16 heavy (non-hydrogen) atoms. The number of carbonyl (C=O) groups is 2. The maximum atomic E-state index is 12.0. The molecule has 8 heteroatoms. The van der Waals surface area contributed by atoms with Crippen LogP contribution in [0.2, 0.25) is 0 Å². The fraction of sp³-hybridized carbons (Fsp3) is 0.750. The third-order valence-corrected chi connectivity index (χ3v) is 2.02. The lowest BCUT2D eigenvalue weighted by atomic mass is 10.3. The van der Waals surface area contributed by atoms with Crippen LogP contribution in [0, 0.1) is 0 Å². The molecule has 0 aliphatic carbocycles. The SMILES string of the molecule is CC(=O)NC(CS)C(=O)N(C)CC(F)(F)F. The summed E-state index contributed by atoms with van der Waals surface area (Å²) in [6.07, 6.45) is -4.46. The van der Waals surface area contributed by atoms with E-state index in [-0.39, 0.29) is 5.75 Å². The van der Waals surface area contributed by atoms with Crippen LogP contribution in [0.4, 0.5) is 13.2 Å². The first-order valence-electron chi connectivity index (χ1n) is 4.37. The van der Waals surface area contributed by atoms with Gasteiger partial charge >= 0.3 is 6.18 Å². The number of alkyl halides is 3. The van der Waals surface area contributed by atoms with Crippen molar-refractivity contribution in [1.29, 1.82) is 0 Å². The number of halogens is 3. The fourth-order valence-electron chi connectivity index (χ4n) is 1.04. The number of nitrogens with zero attached hydrogens (tertiary/aromatic N) is 1. The number of hydrogen-bond acceptors (Lipinski definition) is 3. The molecular weight excluding hydrogens is 245 g/mol. The van der Waals surface area contributed by atoms with E-state index in [4.69, 9.17) is 0 Å². The highest BCUT2D eigenvalue weighted by atomic mass is 32.1. The van der Waals surface area contributed by atoms with E-state index >= 15 is 0 Å². The van der Waals surface area contributed by atoms with E-state index < -0.39 is 30.6 Å². The standard InChI is InChI=1S/C8H13F3N2O2S/c1-5(14)12-6(3-16)7(15)13(2)4-8(9,10)11/h6,16H,3-4H2,1-2H3,(H,12,14). The van der Waals surface area contributed by atoms with Crippen molar-refractivity contribution in [3.05, 3.63) is 0 Å². The summed E-state index contributed by atoms with van der Waals surface area (Å²) in [6.45, 7) is -0.177. The van der Waals surface area contributed by atoms with Crippen molar-refractivity contribution in [2.24, 2.45) is 0 Å². The summed E-state index contributed by atoms with van der Waals surface area (Å²) in [4.78, 5) is 22.6. The van der Waals surface area contributed by atoms with Gasteiger partial charge in [-0.25, -0.2) is 0 Å². The lowest BCUT2D eigenvalue weighted by Gasteiger charge is -2.23. The molecule has 0 aromatic rings. The third-order valence-electron chi connectivity index (χ3n) is 1.65. The van der Waals surface area contributed by atoms with E-state index in [2.05, 4.69) is 17.9 Å². The van der Waals surface area contributed by atoms with Gasteiger partial charge < -0.3 is 10.2 Å². The normalized spacial score (nSPS) is 13.1. The van der Waals surface area contributed by atoms with Gasteiger partial charge in [0.25, 0.3) is 0 Å². The second-order valence-electron chi connectivity index (χ2n) is 3.25. The lowest BCUT2D eigenvalue weighted by molar-refractivity contribution is -0.159. The highest BCUT2D eigenvalue weighted by Crippen LogP contribution is 2.16. The minimum absolute atomic E-state index is 0.0549. The average molecular weight is 258 g/mol. The number of rotatable bonds is 4. The highest BCUT2D eigenvalue weighted by molar-refractivity contribution is 7.80. The number of carbonyl (C=O) groups excluding carboxylic acids is 2. The molecule has 0 radical (unpaired) electrons. The molecule has 0 heterocycles. The van der Waals surface area contributed by atoms with Gasteiger partial charge in [-0.3, -0.25) is 9.59 Å². The summed E-state index contributed by atoms with van der Waals surface area (Å²) in [6, 6.07) is -1.03. The summed E-state index contributed by atoms with van der Waals surface area (Å²) in [5.41, 5.74) is 0. The largest absolute Gasteiger partial charge is 0.406 e. The van der Waals surface area contributed by atoms with Crippen LogP contribution in [0.3, 0.4) is 0 Å². The van der Waals surface area contributed by atoms with E-state index in [1.54, 1.807) is 0 Å². The Balaban J connectivity index is 4.44. The molecule has 0 fully saturated rings. The van der Waals surface area contributed by atoms with E-state index in [0.29, 0.717) is 4.90 Å². The van der Waals surface area contributed by atoms with Gasteiger partial charge in [0.05, 0.1) is 0 Å². The van der Waals surface area contributed by atoms with Crippen molar-refractivity contribution in [2.45, 2.75) is 19.1 Å². The van der Waals surface area contributed by atoms with Crippen LogP contribution >= 0.6 is 12.6 Å². The highest BCUT2D eigenvalue weighted by Gasteiger charge is 2.33. The Bertz CT molecular complexity index is 270. The van der Waals surface area contributed by atoms with Crippen molar-refractivity contribution in [2.75, 3.05) is 19.3 Å². The second-order valence-corrected chi connectivity index (χ2v) is 3.61. The minimum atomic E-state index is -4.46. The number of hydrogen-bond donors (Lipinski definition) is 2. The molecule has 0 spiro atoms. The first-order chi connectivity index (χ1) is 7.17. The van der Waals surface area contributed by atoms with Crippen molar-refractivity contribution in [3.63, 3.8) is 0 Å². The van der Waals surface area contributed by atoms with Crippen molar-refractivity contribution < 1.29 is 22.8 Å². The smallest absolute Gasteiger partial charge is 0.344 e. The predicted molar refractivity (Wildman–Crippen MR) is 55.1 cm³/mol. The Hall–Kier alpha value is -0.920.